The van der Waals surface area contributed by atoms with Crippen LogP contribution in [0.1, 0.15) is 0 Å². The quantitative estimate of drug-likeness (QED) is 0.580. The fourth-order valence-electron chi connectivity index (χ4n) is 0.998. The molecule has 12 heavy (non-hydrogen) atoms. The van der Waals surface area contributed by atoms with Gasteiger partial charge in [0, 0.05) is 0 Å². The monoisotopic (exact) mass is 160 g/mol. The van der Waals surface area contributed by atoms with E-state index in [2.05, 4.69) is 13.2 Å². The first-order chi connectivity index (χ1) is 5.77. The Morgan fingerprint density at radius 2 is 1.25 bits per heavy atom. The van der Waals surface area contributed by atoms with E-state index >= 15 is 0 Å². The van der Waals surface area contributed by atoms with E-state index in [1.165, 1.54) is 0 Å². The maximum absolute atomic E-state index is 5.33. The molecule has 0 aliphatic carbocycles. The normalized spacial score (nSPS) is 14.7. The molecule has 1 aliphatic rings. The topological polar surface area (TPSA) is 18.5 Å². The summed E-state index contributed by atoms with van der Waals surface area (Å²) in [4.78, 5) is 0. The molecular formula is C10H8O2. The van der Waals surface area contributed by atoms with E-state index < -0.39 is 0 Å². The molecule has 2 heteroatoms. The predicted molar refractivity (Wildman–Crippen MR) is 46.0 cm³/mol. The van der Waals surface area contributed by atoms with Crippen LogP contribution in [0.4, 0.5) is 0 Å². The highest BCUT2D eigenvalue weighted by Gasteiger charge is 2.16. The van der Waals surface area contributed by atoms with Crippen LogP contribution in [0.2, 0.25) is 0 Å². The molecular weight excluding hydrogens is 152 g/mol. The molecule has 0 fully saturated rings. The molecule has 0 unspecified atom stereocenters. The van der Waals surface area contributed by atoms with Gasteiger partial charge in [-0.25, -0.2) is 0 Å². The molecule has 0 spiro atoms. The van der Waals surface area contributed by atoms with Gasteiger partial charge >= 0.3 is 0 Å². The molecule has 0 N–H and O–H groups in total. The van der Waals surface area contributed by atoms with Crippen LogP contribution in [0.15, 0.2) is 48.9 Å². The summed E-state index contributed by atoms with van der Waals surface area (Å²) in [7, 11) is 0. The lowest BCUT2D eigenvalue weighted by molar-refractivity contribution is 0.297. The molecule has 1 heterocycles. The Hall–Kier alpha value is -1.70. The van der Waals surface area contributed by atoms with E-state index in [9.17, 15) is 0 Å². The molecule has 2 nitrogen and oxygen atoms in total. The molecule has 1 aromatic carbocycles. The fourth-order valence-corrected chi connectivity index (χ4v) is 0.998. The number of hydrogen-bond acceptors (Lipinski definition) is 2. The predicted octanol–water partition coefficient (Wildman–Crippen LogP) is 2.49. The molecule has 0 radical (unpaired) electrons. The summed E-state index contributed by atoms with van der Waals surface area (Å²) in [5.41, 5.74) is 0. The van der Waals surface area contributed by atoms with Crippen molar-refractivity contribution in [1.29, 1.82) is 0 Å². The minimum Gasteiger partial charge on any atom is -0.450 e. The van der Waals surface area contributed by atoms with Gasteiger partial charge in [0.15, 0.2) is 23.0 Å². The Bertz CT molecular complexity index is 318. The summed E-state index contributed by atoms with van der Waals surface area (Å²) in [5, 5.41) is 0. The zero-order valence-electron chi connectivity index (χ0n) is 6.54. The van der Waals surface area contributed by atoms with Crippen LogP contribution < -0.4 is 9.47 Å². The minimum absolute atomic E-state index is 0.466. The van der Waals surface area contributed by atoms with Crippen molar-refractivity contribution in [1.82, 2.24) is 0 Å². The molecule has 0 saturated heterocycles. The number of ether oxygens (including phenoxy) is 2. The summed E-state index contributed by atoms with van der Waals surface area (Å²) in [6.45, 7) is 7.29. The summed E-state index contributed by atoms with van der Waals surface area (Å²) in [5.74, 6) is 2.31. The van der Waals surface area contributed by atoms with Gasteiger partial charge in [0.1, 0.15) is 0 Å². The Kier molecular flexibility index (Phi) is 1.40. The van der Waals surface area contributed by atoms with Crippen molar-refractivity contribution in [3.05, 3.63) is 48.9 Å². The first-order valence-corrected chi connectivity index (χ1v) is 3.60. The summed E-state index contributed by atoms with van der Waals surface area (Å²) in [6, 6.07) is 7.41. The van der Waals surface area contributed by atoms with Crippen molar-refractivity contribution in [3.8, 4) is 11.5 Å². The molecule has 60 valence electrons. The van der Waals surface area contributed by atoms with Crippen molar-refractivity contribution in [2.75, 3.05) is 0 Å². The van der Waals surface area contributed by atoms with Crippen LogP contribution >= 0.6 is 0 Å². The van der Waals surface area contributed by atoms with Crippen molar-refractivity contribution < 1.29 is 9.47 Å². The lowest BCUT2D eigenvalue weighted by Crippen LogP contribution is -2.09. The van der Waals surface area contributed by atoms with Crippen molar-refractivity contribution in [2.45, 2.75) is 0 Å². The maximum Gasteiger partial charge on any atom is 0.170 e. The van der Waals surface area contributed by atoms with Crippen molar-refractivity contribution in [2.24, 2.45) is 0 Å². The second-order valence-corrected chi connectivity index (χ2v) is 2.50. The number of para-hydroxylation sites is 2. The van der Waals surface area contributed by atoms with E-state index in [0.29, 0.717) is 23.0 Å². The summed E-state index contributed by atoms with van der Waals surface area (Å²) in [6.07, 6.45) is 0. The van der Waals surface area contributed by atoms with E-state index in [0.717, 1.165) is 0 Å². The fraction of sp³-hybridized carbons (Fsp3) is 0. The largest absolute Gasteiger partial charge is 0.450 e. The molecule has 0 atom stereocenters. The van der Waals surface area contributed by atoms with Crippen LogP contribution in [-0.4, -0.2) is 0 Å². The third-order valence-corrected chi connectivity index (χ3v) is 1.63. The molecule has 0 aromatic heterocycles. The molecule has 2 rings (SSSR count). The van der Waals surface area contributed by atoms with E-state index in [1.54, 1.807) is 0 Å². The van der Waals surface area contributed by atoms with Gasteiger partial charge in [0.25, 0.3) is 0 Å². The van der Waals surface area contributed by atoms with Gasteiger partial charge in [-0.15, -0.1) is 0 Å². The smallest absolute Gasteiger partial charge is 0.170 e. The minimum atomic E-state index is 0.466. The average Bonchev–Trinajstić information content (AvgIpc) is 2.07. The first-order valence-electron chi connectivity index (χ1n) is 3.60. The summed E-state index contributed by atoms with van der Waals surface area (Å²) < 4.78 is 10.7. The lowest BCUT2D eigenvalue weighted by atomic mass is 10.3. The number of hydrogen-bond donors (Lipinski definition) is 0. The zero-order valence-corrected chi connectivity index (χ0v) is 6.54. The van der Waals surface area contributed by atoms with Gasteiger partial charge in [-0.1, -0.05) is 25.3 Å². The van der Waals surface area contributed by atoms with E-state index in [4.69, 9.17) is 9.47 Å². The second-order valence-electron chi connectivity index (χ2n) is 2.50. The highest BCUT2D eigenvalue weighted by Crippen LogP contribution is 2.35. The van der Waals surface area contributed by atoms with Gasteiger partial charge in [-0.05, 0) is 12.1 Å². The maximum atomic E-state index is 5.33. The SMILES string of the molecule is C=C1Oc2ccccc2OC1=C. The Balaban J connectivity index is 2.47. The van der Waals surface area contributed by atoms with Crippen molar-refractivity contribution in [3.63, 3.8) is 0 Å². The number of benzene rings is 1. The first kappa shape index (κ1) is 6.98. The second kappa shape index (κ2) is 2.41. The third kappa shape index (κ3) is 0.975. The van der Waals surface area contributed by atoms with Crippen LogP contribution in [-0.2, 0) is 0 Å². The molecule has 1 aliphatic heterocycles. The zero-order chi connectivity index (χ0) is 8.55. The Labute approximate surface area is 70.7 Å². The van der Waals surface area contributed by atoms with Crippen LogP contribution in [0, 0.1) is 0 Å². The Morgan fingerprint density at radius 3 is 1.67 bits per heavy atom. The highest BCUT2D eigenvalue weighted by atomic mass is 16.6. The molecule has 1 aromatic rings. The molecule has 0 bridgehead atoms. The molecule has 0 amide bonds. The van der Waals surface area contributed by atoms with Gasteiger partial charge in [-0.2, -0.15) is 0 Å². The van der Waals surface area contributed by atoms with E-state index in [-0.39, 0.29) is 0 Å². The lowest BCUT2D eigenvalue weighted by Gasteiger charge is -2.20. The third-order valence-electron chi connectivity index (χ3n) is 1.63. The number of fused-ring (bicyclic) bond motifs is 1. The van der Waals surface area contributed by atoms with E-state index in [1.807, 2.05) is 24.3 Å². The van der Waals surface area contributed by atoms with Gasteiger partial charge in [0.2, 0.25) is 0 Å². The Morgan fingerprint density at radius 1 is 0.833 bits per heavy atom. The molecule has 0 saturated carbocycles. The van der Waals surface area contributed by atoms with Crippen LogP contribution in [0.25, 0.3) is 0 Å². The van der Waals surface area contributed by atoms with Crippen molar-refractivity contribution >= 4 is 0 Å². The van der Waals surface area contributed by atoms with Crippen LogP contribution in [0.3, 0.4) is 0 Å². The van der Waals surface area contributed by atoms with Gasteiger partial charge in [-0.3, -0.25) is 0 Å². The van der Waals surface area contributed by atoms with Gasteiger partial charge in [0.05, 0.1) is 0 Å². The van der Waals surface area contributed by atoms with Gasteiger partial charge < -0.3 is 9.47 Å². The summed E-state index contributed by atoms with van der Waals surface area (Å²) >= 11 is 0. The highest BCUT2D eigenvalue weighted by molar-refractivity contribution is 5.46. The number of rotatable bonds is 0. The standard InChI is InChI=1S/C10H8O2/c1-7-8(2)12-10-6-4-3-5-9(10)11-7/h3-6H,1-2H2. The average molecular weight is 160 g/mol. The van der Waals surface area contributed by atoms with Crippen LogP contribution in [0.5, 0.6) is 11.5 Å².